The number of thiocarbonyl (C=S) groups is 1. The maximum absolute atomic E-state index is 12.3. The van der Waals surface area contributed by atoms with E-state index in [1.54, 1.807) is 0 Å². The van der Waals surface area contributed by atoms with Gasteiger partial charge in [-0.05, 0) is 50.8 Å². The van der Waals surface area contributed by atoms with Crippen LogP contribution in [0.4, 0.5) is 0 Å². The van der Waals surface area contributed by atoms with Crippen molar-refractivity contribution in [3.05, 3.63) is 19.2 Å². The second-order valence-corrected chi connectivity index (χ2v) is 8.43. The third-order valence-electron chi connectivity index (χ3n) is 3.07. The Morgan fingerprint density at radius 1 is 1.44 bits per heavy atom. The highest BCUT2D eigenvalue weighted by atomic mass is 79.9. The highest BCUT2D eigenvalue weighted by molar-refractivity contribution is 9.12. The molecule has 0 atom stereocenters. The molecule has 1 saturated heterocycles. The fraction of sp³-hybridized carbons (Fsp3) is 0.455. The highest BCUT2D eigenvalue weighted by Crippen LogP contribution is 2.33. The second-order valence-electron chi connectivity index (χ2n) is 4.21. The van der Waals surface area contributed by atoms with E-state index in [0.29, 0.717) is 4.99 Å². The van der Waals surface area contributed by atoms with Gasteiger partial charge in [0.1, 0.15) is 0 Å². The van der Waals surface area contributed by atoms with E-state index in [1.165, 1.54) is 11.3 Å². The number of carbonyl (C=O) groups is 1. The smallest absolute Gasteiger partial charge is 0.255 e. The van der Waals surface area contributed by atoms with Crippen molar-refractivity contribution >= 4 is 66.3 Å². The van der Waals surface area contributed by atoms with Crippen molar-refractivity contribution in [2.45, 2.75) is 12.8 Å². The fourth-order valence-electron chi connectivity index (χ4n) is 2.02. The Morgan fingerprint density at radius 2 is 2.06 bits per heavy atom. The Labute approximate surface area is 132 Å². The number of nitrogens with zero attached hydrogens (tertiary/aromatic N) is 1. The second kappa shape index (κ2) is 5.98. The minimum atomic E-state index is 0.0743. The van der Waals surface area contributed by atoms with Crippen LogP contribution in [0.1, 0.15) is 23.2 Å². The molecule has 1 aromatic rings. The first-order chi connectivity index (χ1) is 8.49. The lowest BCUT2D eigenvalue weighted by atomic mass is 9.96. The van der Waals surface area contributed by atoms with Crippen LogP contribution in [0.5, 0.6) is 0 Å². The van der Waals surface area contributed by atoms with Gasteiger partial charge in [-0.1, -0.05) is 12.2 Å². The number of thiophene rings is 1. The van der Waals surface area contributed by atoms with E-state index in [4.69, 9.17) is 18.0 Å². The summed E-state index contributed by atoms with van der Waals surface area (Å²) in [5.74, 6) is 0.354. The molecule has 1 aromatic heterocycles. The van der Waals surface area contributed by atoms with Gasteiger partial charge in [0.2, 0.25) is 0 Å². The van der Waals surface area contributed by atoms with E-state index in [9.17, 15) is 4.79 Å². The van der Waals surface area contributed by atoms with Crippen LogP contribution in [-0.4, -0.2) is 28.9 Å². The minimum absolute atomic E-state index is 0.0743. The van der Waals surface area contributed by atoms with Crippen molar-refractivity contribution in [3.63, 3.8) is 0 Å². The van der Waals surface area contributed by atoms with Gasteiger partial charge in [0.25, 0.3) is 5.91 Å². The zero-order valence-electron chi connectivity index (χ0n) is 9.49. The Bertz CT molecular complexity index is 481. The Balaban J connectivity index is 2.04. The molecule has 2 heterocycles. The SMILES string of the molecule is NC(=S)C1CCN(C(=O)c2cc(Br)sc2Br)CC1. The molecular formula is C11H12Br2N2OS2. The molecule has 1 fully saturated rings. The molecule has 3 nitrogen and oxygen atoms in total. The van der Waals surface area contributed by atoms with Crippen molar-refractivity contribution in [2.24, 2.45) is 11.7 Å². The zero-order chi connectivity index (χ0) is 13.3. The third-order valence-corrected chi connectivity index (χ3v) is 5.74. The van der Waals surface area contributed by atoms with E-state index in [-0.39, 0.29) is 11.8 Å². The molecule has 1 amide bonds. The van der Waals surface area contributed by atoms with Crippen molar-refractivity contribution in [1.29, 1.82) is 0 Å². The molecule has 2 rings (SSSR count). The van der Waals surface area contributed by atoms with Gasteiger partial charge < -0.3 is 10.6 Å². The molecule has 18 heavy (non-hydrogen) atoms. The summed E-state index contributed by atoms with van der Waals surface area (Å²) in [5, 5.41) is 0. The Kier molecular flexibility index (Phi) is 4.80. The Hall–Kier alpha value is 0.0200. The molecule has 0 aliphatic carbocycles. The zero-order valence-corrected chi connectivity index (χ0v) is 14.3. The third kappa shape index (κ3) is 3.12. The summed E-state index contributed by atoms with van der Waals surface area (Å²) in [4.78, 5) is 14.8. The van der Waals surface area contributed by atoms with Gasteiger partial charge in [-0.25, -0.2) is 0 Å². The largest absolute Gasteiger partial charge is 0.393 e. The Morgan fingerprint density at radius 3 is 2.50 bits per heavy atom. The van der Waals surface area contributed by atoms with Crippen molar-refractivity contribution in [3.8, 4) is 0 Å². The van der Waals surface area contributed by atoms with Gasteiger partial charge in [0.15, 0.2) is 0 Å². The molecule has 1 aliphatic heterocycles. The quantitative estimate of drug-likeness (QED) is 0.758. The highest BCUT2D eigenvalue weighted by Gasteiger charge is 2.26. The normalized spacial score (nSPS) is 16.9. The summed E-state index contributed by atoms with van der Waals surface area (Å²) in [7, 11) is 0. The molecule has 1 aliphatic rings. The van der Waals surface area contributed by atoms with Crippen LogP contribution in [0.3, 0.4) is 0 Å². The molecule has 0 saturated carbocycles. The maximum Gasteiger partial charge on any atom is 0.255 e. The molecule has 0 bridgehead atoms. The lowest BCUT2D eigenvalue weighted by Crippen LogP contribution is -2.41. The predicted molar refractivity (Wildman–Crippen MR) is 85.1 cm³/mol. The number of rotatable bonds is 2. The van der Waals surface area contributed by atoms with Gasteiger partial charge >= 0.3 is 0 Å². The number of hydrogen-bond acceptors (Lipinski definition) is 3. The van der Waals surface area contributed by atoms with E-state index >= 15 is 0 Å². The molecule has 0 radical (unpaired) electrons. The number of piperidine rings is 1. The summed E-state index contributed by atoms with van der Waals surface area (Å²) in [6.07, 6.45) is 1.73. The fourth-order valence-corrected chi connectivity index (χ4v) is 5.04. The summed E-state index contributed by atoms with van der Waals surface area (Å²) >= 11 is 13.3. The van der Waals surface area contributed by atoms with Gasteiger partial charge in [-0.2, -0.15) is 0 Å². The summed E-state index contributed by atoms with van der Waals surface area (Å²) < 4.78 is 1.83. The molecule has 7 heteroatoms. The molecule has 2 N–H and O–H groups in total. The van der Waals surface area contributed by atoms with E-state index in [1.807, 2.05) is 11.0 Å². The number of nitrogens with two attached hydrogens (primary N) is 1. The molecule has 0 aromatic carbocycles. The summed E-state index contributed by atoms with van der Waals surface area (Å²) in [6.45, 7) is 1.45. The van der Waals surface area contributed by atoms with Crippen LogP contribution in [0.25, 0.3) is 0 Å². The van der Waals surface area contributed by atoms with Crippen molar-refractivity contribution in [1.82, 2.24) is 4.90 Å². The first-order valence-corrected chi connectivity index (χ1v) is 8.33. The number of carbonyl (C=O) groups excluding carboxylic acids is 1. The van der Waals surface area contributed by atoms with Crippen molar-refractivity contribution in [2.75, 3.05) is 13.1 Å². The van der Waals surface area contributed by atoms with Gasteiger partial charge in [-0.15, -0.1) is 11.3 Å². The molecule has 0 unspecified atom stereocenters. The first kappa shape index (κ1) is 14.4. The first-order valence-electron chi connectivity index (χ1n) is 5.52. The van der Waals surface area contributed by atoms with Crippen molar-refractivity contribution < 1.29 is 4.79 Å². The van der Waals surface area contributed by atoms with E-state index in [2.05, 4.69) is 31.9 Å². The number of halogens is 2. The summed E-state index contributed by atoms with van der Waals surface area (Å²) in [6, 6.07) is 1.86. The lowest BCUT2D eigenvalue weighted by Gasteiger charge is -2.31. The standard InChI is InChI=1S/C11H12Br2N2OS2/c12-8-5-7(9(13)18-8)11(16)15-3-1-6(2-4-15)10(14)17/h5-6H,1-4H2,(H2,14,17). The van der Waals surface area contributed by atoms with Gasteiger partial charge in [0.05, 0.1) is 18.1 Å². The van der Waals surface area contributed by atoms with E-state index < -0.39 is 0 Å². The molecule has 0 spiro atoms. The van der Waals surface area contributed by atoms with Gasteiger partial charge in [0, 0.05) is 19.0 Å². The topological polar surface area (TPSA) is 46.3 Å². The van der Waals surface area contributed by atoms with Crippen LogP contribution in [0, 0.1) is 5.92 Å². The van der Waals surface area contributed by atoms with Crippen LogP contribution in [0.15, 0.2) is 13.6 Å². The average molecular weight is 412 g/mol. The number of hydrogen-bond donors (Lipinski definition) is 1. The van der Waals surface area contributed by atoms with E-state index in [0.717, 1.165) is 39.1 Å². The van der Waals surface area contributed by atoms with Crippen LogP contribution in [0.2, 0.25) is 0 Å². The average Bonchev–Trinajstić information content (AvgIpc) is 2.67. The van der Waals surface area contributed by atoms with Crippen LogP contribution >= 0.6 is 55.4 Å². The predicted octanol–water partition coefficient (Wildman–Crippen LogP) is 3.41. The maximum atomic E-state index is 12.3. The summed E-state index contributed by atoms with van der Waals surface area (Å²) in [5.41, 5.74) is 6.37. The number of amides is 1. The molecule has 98 valence electrons. The van der Waals surface area contributed by atoms with Crippen LogP contribution in [-0.2, 0) is 0 Å². The molecular weight excluding hydrogens is 400 g/mol. The minimum Gasteiger partial charge on any atom is -0.393 e. The number of likely N-dealkylation sites (tertiary alicyclic amines) is 1. The lowest BCUT2D eigenvalue weighted by molar-refractivity contribution is 0.0710. The monoisotopic (exact) mass is 410 g/mol. The van der Waals surface area contributed by atoms with Crippen LogP contribution < -0.4 is 5.73 Å². The van der Waals surface area contributed by atoms with Gasteiger partial charge in [-0.3, -0.25) is 4.79 Å².